The van der Waals surface area contributed by atoms with Crippen LogP contribution in [0.25, 0.3) is 6.08 Å². The minimum atomic E-state index is -3.90. The number of carbonyl (C=O) groups excluding carboxylic acids is 1. The lowest BCUT2D eigenvalue weighted by molar-refractivity contribution is -0.384. The molecule has 1 aromatic heterocycles. The number of non-ortho nitro benzene ring substituents is 1. The molecule has 1 N–H and O–H groups in total. The SMILES string of the molecule is O=C(/C=C/c1cccc(Br)c1)Nc1ncc(S(=O)(=O)c2ccc([N+](=O)[O-])cc2)s1. The van der Waals surface area contributed by atoms with Crippen LogP contribution in [0, 0.1) is 10.1 Å². The zero-order chi connectivity index (χ0) is 21.0. The van der Waals surface area contributed by atoms with Gasteiger partial charge in [-0.1, -0.05) is 39.4 Å². The molecular formula is C18H12BrN3O5S2. The molecule has 0 aliphatic rings. The van der Waals surface area contributed by atoms with Gasteiger partial charge in [0.05, 0.1) is 16.0 Å². The minimum absolute atomic E-state index is 0.0855. The number of sulfone groups is 1. The minimum Gasteiger partial charge on any atom is -0.298 e. The highest BCUT2D eigenvalue weighted by molar-refractivity contribution is 9.10. The van der Waals surface area contributed by atoms with Crippen LogP contribution >= 0.6 is 27.3 Å². The molecule has 0 unspecified atom stereocenters. The third kappa shape index (κ3) is 5.13. The van der Waals surface area contributed by atoms with Crippen LogP contribution in [-0.2, 0) is 14.6 Å². The molecule has 3 aromatic rings. The number of hydrogen-bond acceptors (Lipinski definition) is 7. The normalized spacial score (nSPS) is 11.5. The van der Waals surface area contributed by atoms with Crippen molar-refractivity contribution in [2.45, 2.75) is 9.10 Å². The number of nitrogens with one attached hydrogen (secondary N) is 1. The van der Waals surface area contributed by atoms with Gasteiger partial charge in [0.25, 0.3) is 5.69 Å². The lowest BCUT2D eigenvalue weighted by Crippen LogP contribution is -2.07. The number of aromatic nitrogens is 1. The Morgan fingerprint density at radius 3 is 2.59 bits per heavy atom. The third-order valence-corrected chi connectivity index (χ3v) is 7.25. The molecule has 0 saturated heterocycles. The largest absolute Gasteiger partial charge is 0.298 e. The smallest absolute Gasteiger partial charge is 0.269 e. The Morgan fingerprint density at radius 1 is 1.21 bits per heavy atom. The topological polar surface area (TPSA) is 119 Å². The first-order valence-electron chi connectivity index (χ1n) is 7.96. The number of hydrogen-bond donors (Lipinski definition) is 1. The van der Waals surface area contributed by atoms with Crippen LogP contribution in [0.4, 0.5) is 10.8 Å². The van der Waals surface area contributed by atoms with Gasteiger partial charge in [-0.05, 0) is 35.9 Å². The molecule has 3 rings (SSSR count). The number of halogens is 1. The maximum atomic E-state index is 12.6. The molecule has 0 fully saturated rings. The second kappa shape index (κ2) is 8.64. The molecule has 0 radical (unpaired) electrons. The summed E-state index contributed by atoms with van der Waals surface area (Å²) in [6.07, 6.45) is 4.06. The summed E-state index contributed by atoms with van der Waals surface area (Å²) >= 11 is 4.13. The van der Waals surface area contributed by atoms with Gasteiger partial charge in [-0.3, -0.25) is 20.2 Å². The summed E-state index contributed by atoms with van der Waals surface area (Å²) in [6, 6.07) is 11.9. The Labute approximate surface area is 178 Å². The quantitative estimate of drug-likeness (QED) is 0.310. The molecule has 0 aliphatic heterocycles. The number of amides is 1. The molecule has 0 saturated carbocycles. The van der Waals surface area contributed by atoms with E-state index in [1.54, 1.807) is 6.08 Å². The van der Waals surface area contributed by atoms with Crippen LogP contribution < -0.4 is 5.32 Å². The van der Waals surface area contributed by atoms with Crippen molar-refractivity contribution in [2.75, 3.05) is 5.32 Å². The first kappa shape index (κ1) is 20.8. The second-order valence-electron chi connectivity index (χ2n) is 5.62. The van der Waals surface area contributed by atoms with E-state index in [2.05, 4.69) is 26.2 Å². The van der Waals surface area contributed by atoms with Crippen LogP contribution in [0.3, 0.4) is 0 Å². The molecule has 1 heterocycles. The third-order valence-electron chi connectivity index (χ3n) is 3.61. The number of rotatable bonds is 6. The summed E-state index contributed by atoms with van der Waals surface area (Å²) in [6.45, 7) is 0. The van der Waals surface area contributed by atoms with Crippen molar-refractivity contribution >= 4 is 59.9 Å². The maximum Gasteiger partial charge on any atom is 0.269 e. The molecule has 1 amide bonds. The van der Waals surface area contributed by atoms with Crippen molar-refractivity contribution in [3.05, 3.63) is 81.0 Å². The second-order valence-corrected chi connectivity index (χ2v) is 9.74. The highest BCUT2D eigenvalue weighted by atomic mass is 79.9. The number of nitrogens with zero attached hydrogens (tertiary/aromatic N) is 2. The molecule has 0 bridgehead atoms. The Hall–Kier alpha value is -2.89. The average Bonchev–Trinajstić information content (AvgIpc) is 3.16. The molecule has 8 nitrogen and oxygen atoms in total. The maximum absolute atomic E-state index is 12.6. The van der Waals surface area contributed by atoms with Crippen LogP contribution in [0.5, 0.6) is 0 Å². The number of thiazole rings is 1. The molecule has 0 spiro atoms. The summed E-state index contributed by atoms with van der Waals surface area (Å²) in [5.74, 6) is -0.460. The zero-order valence-corrected chi connectivity index (χ0v) is 17.7. The summed E-state index contributed by atoms with van der Waals surface area (Å²) in [4.78, 5) is 26.0. The van der Waals surface area contributed by atoms with Gasteiger partial charge >= 0.3 is 0 Å². The predicted octanol–water partition coefficient (Wildman–Crippen LogP) is 4.30. The summed E-state index contributed by atoms with van der Waals surface area (Å²) in [5, 5.41) is 13.3. The van der Waals surface area contributed by atoms with E-state index in [1.165, 1.54) is 6.08 Å². The molecule has 148 valence electrons. The number of nitro groups is 1. The van der Waals surface area contributed by atoms with Gasteiger partial charge in [-0.2, -0.15) is 0 Å². The van der Waals surface area contributed by atoms with Crippen molar-refractivity contribution in [1.82, 2.24) is 4.98 Å². The molecule has 29 heavy (non-hydrogen) atoms. The Balaban J connectivity index is 1.72. The van der Waals surface area contributed by atoms with E-state index in [1.807, 2.05) is 24.3 Å². The standard InChI is InChI=1S/C18H12BrN3O5S2/c19-13-3-1-2-12(10-13)4-9-16(23)21-18-20-11-17(28-18)29(26,27)15-7-5-14(6-8-15)22(24)25/h1-11H,(H,20,21,23)/b9-4+. The van der Waals surface area contributed by atoms with Crippen LogP contribution in [0.15, 0.2) is 74.4 Å². The summed E-state index contributed by atoms with van der Waals surface area (Å²) in [5.41, 5.74) is 0.605. The van der Waals surface area contributed by atoms with E-state index >= 15 is 0 Å². The zero-order valence-electron chi connectivity index (χ0n) is 14.5. The monoisotopic (exact) mass is 493 g/mol. The van der Waals surface area contributed by atoms with Gasteiger partial charge in [0, 0.05) is 22.7 Å². The van der Waals surface area contributed by atoms with Crippen molar-refractivity contribution in [1.29, 1.82) is 0 Å². The van der Waals surface area contributed by atoms with E-state index in [9.17, 15) is 23.3 Å². The van der Waals surface area contributed by atoms with Gasteiger partial charge in [0.15, 0.2) is 5.13 Å². The lowest BCUT2D eigenvalue weighted by atomic mass is 10.2. The predicted molar refractivity (Wildman–Crippen MR) is 112 cm³/mol. The molecule has 0 aliphatic carbocycles. The number of benzene rings is 2. The van der Waals surface area contributed by atoms with Crippen molar-refractivity contribution in [3.63, 3.8) is 0 Å². The van der Waals surface area contributed by atoms with Crippen molar-refractivity contribution < 1.29 is 18.1 Å². The molecule has 0 atom stereocenters. The average molecular weight is 494 g/mol. The van der Waals surface area contributed by atoms with Gasteiger partial charge in [-0.25, -0.2) is 13.4 Å². The van der Waals surface area contributed by atoms with Gasteiger partial charge < -0.3 is 0 Å². The van der Waals surface area contributed by atoms with Gasteiger partial charge in [-0.15, -0.1) is 0 Å². The van der Waals surface area contributed by atoms with Gasteiger partial charge in [0.2, 0.25) is 15.7 Å². The van der Waals surface area contributed by atoms with Gasteiger partial charge in [0.1, 0.15) is 4.21 Å². The van der Waals surface area contributed by atoms with E-state index in [0.29, 0.717) is 0 Å². The fourth-order valence-electron chi connectivity index (χ4n) is 2.23. The Bertz CT molecular complexity index is 1200. The number of anilines is 1. The number of nitro benzene ring substituents is 1. The van der Waals surface area contributed by atoms with Crippen LogP contribution in [0.2, 0.25) is 0 Å². The van der Waals surface area contributed by atoms with E-state index in [-0.39, 0.29) is 19.9 Å². The first-order chi connectivity index (χ1) is 13.8. The summed E-state index contributed by atoms with van der Waals surface area (Å²) in [7, 11) is -3.90. The Morgan fingerprint density at radius 2 is 1.93 bits per heavy atom. The van der Waals surface area contributed by atoms with Crippen molar-refractivity contribution in [3.8, 4) is 0 Å². The van der Waals surface area contributed by atoms with Crippen LogP contribution in [0.1, 0.15) is 5.56 Å². The molecule has 2 aromatic carbocycles. The molecular weight excluding hydrogens is 482 g/mol. The number of carbonyl (C=O) groups is 1. The lowest BCUT2D eigenvalue weighted by Gasteiger charge is -2.00. The molecule has 11 heteroatoms. The Kier molecular flexibility index (Phi) is 6.20. The van der Waals surface area contributed by atoms with Crippen molar-refractivity contribution in [2.24, 2.45) is 0 Å². The van der Waals surface area contributed by atoms with E-state index in [0.717, 1.165) is 51.8 Å². The van der Waals surface area contributed by atoms with E-state index in [4.69, 9.17) is 0 Å². The fourth-order valence-corrected chi connectivity index (χ4v) is 5.09. The fraction of sp³-hybridized carbons (Fsp3) is 0. The van der Waals surface area contributed by atoms with Crippen LogP contribution in [-0.4, -0.2) is 24.2 Å². The van der Waals surface area contributed by atoms with E-state index < -0.39 is 20.7 Å². The first-order valence-corrected chi connectivity index (χ1v) is 11.0. The highest BCUT2D eigenvalue weighted by Crippen LogP contribution is 2.29. The highest BCUT2D eigenvalue weighted by Gasteiger charge is 2.22. The summed E-state index contributed by atoms with van der Waals surface area (Å²) < 4.78 is 26.0.